The molecular weight excluding hydrogens is 356 g/mol. The molecule has 1 N–H and O–H groups in total. The summed E-state index contributed by atoms with van der Waals surface area (Å²) in [5.41, 5.74) is 5.32. The Morgan fingerprint density at radius 2 is 1.96 bits per heavy atom. The van der Waals surface area contributed by atoms with Gasteiger partial charge in [-0.15, -0.1) is 0 Å². The Morgan fingerprint density at radius 3 is 2.65 bits per heavy atom. The van der Waals surface area contributed by atoms with Crippen molar-refractivity contribution in [3.63, 3.8) is 0 Å². The van der Waals surface area contributed by atoms with Gasteiger partial charge in [0.25, 0.3) is 5.69 Å². The molecule has 1 aliphatic heterocycles. The van der Waals surface area contributed by atoms with Crippen molar-refractivity contribution in [1.82, 2.24) is 5.43 Å². The molecular formula is C18H19ClN4O3. The van der Waals surface area contributed by atoms with Gasteiger partial charge in [0.2, 0.25) is 0 Å². The van der Waals surface area contributed by atoms with Gasteiger partial charge in [0.05, 0.1) is 30.9 Å². The van der Waals surface area contributed by atoms with Crippen LogP contribution >= 0.6 is 11.6 Å². The molecule has 1 fully saturated rings. The predicted octanol–water partition coefficient (Wildman–Crippen LogP) is 3.21. The molecule has 0 radical (unpaired) electrons. The summed E-state index contributed by atoms with van der Waals surface area (Å²) >= 11 is 5.85. The number of hydrogen-bond acceptors (Lipinski definition) is 6. The maximum atomic E-state index is 11.4. The lowest BCUT2D eigenvalue weighted by Gasteiger charge is -2.28. The van der Waals surface area contributed by atoms with Crippen molar-refractivity contribution in [2.45, 2.75) is 6.54 Å². The van der Waals surface area contributed by atoms with E-state index in [0.717, 1.165) is 5.56 Å². The van der Waals surface area contributed by atoms with Crippen molar-refractivity contribution in [2.75, 3.05) is 31.2 Å². The van der Waals surface area contributed by atoms with E-state index in [-0.39, 0.29) is 10.6 Å². The standard InChI is InChI=1S/C18H19ClN4O3/c19-16-4-1-14(2-5-16)12-20-21-13-15-3-6-17(18(11-15)23(24)25)22-7-9-26-10-8-22/h1-6,11,13,20H,7-10,12H2/b21-13-. The van der Waals surface area contributed by atoms with Gasteiger partial charge in [0, 0.05) is 29.7 Å². The molecule has 2 aromatic carbocycles. The van der Waals surface area contributed by atoms with E-state index < -0.39 is 0 Å². The molecule has 2 aromatic rings. The number of hydrazone groups is 1. The Balaban J connectivity index is 1.66. The van der Waals surface area contributed by atoms with E-state index in [1.807, 2.05) is 35.2 Å². The monoisotopic (exact) mass is 374 g/mol. The van der Waals surface area contributed by atoms with Crippen LogP contribution in [-0.4, -0.2) is 37.4 Å². The van der Waals surface area contributed by atoms with E-state index in [4.69, 9.17) is 16.3 Å². The van der Waals surface area contributed by atoms with Gasteiger partial charge in [-0.05, 0) is 23.8 Å². The second-order valence-corrected chi connectivity index (χ2v) is 6.26. The van der Waals surface area contributed by atoms with E-state index in [0.29, 0.717) is 49.1 Å². The molecule has 0 amide bonds. The number of benzene rings is 2. The number of nitrogens with one attached hydrogen (secondary N) is 1. The lowest BCUT2D eigenvalue weighted by Crippen LogP contribution is -2.36. The van der Waals surface area contributed by atoms with Crippen molar-refractivity contribution < 1.29 is 9.66 Å². The molecule has 7 nitrogen and oxygen atoms in total. The minimum Gasteiger partial charge on any atom is -0.378 e. The lowest BCUT2D eigenvalue weighted by atomic mass is 10.1. The van der Waals surface area contributed by atoms with Crippen LogP contribution in [0.5, 0.6) is 0 Å². The zero-order chi connectivity index (χ0) is 18.4. The molecule has 0 bridgehead atoms. The number of nitro benzene ring substituents is 1. The first-order chi connectivity index (χ1) is 12.6. The first kappa shape index (κ1) is 18.2. The number of hydrogen-bond donors (Lipinski definition) is 1. The summed E-state index contributed by atoms with van der Waals surface area (Å²) in [6.45, 7) is 3.00. The number of morpholine rings is 1. The van der Waals surface area contributed by atoms with E-state index >= 15 is 0 Å². The summed E-state index contributed by atoms with van der Waals surface area (Å²) in [4.78, 5) is 13.1. The lowest BCUT2D eigenvalue weighted by molar-refractivity contribution is -0.384. The summed E-state index contributed by atoms with van der Waals surface area (Å²) in [5, 5.41) is 16.3. The Hall–Kier alpha value is -2.64. The summed E-state index contributed by atoms with van der Waals surface area (Å²) in [6, 6.07) is 12.6. The average molecular weight is 375 g/mol. The number of nitro groups is 1. The first-order valence-corrected chi connectivity index (χ1v) is 8.63. The van der Waals surface area contributed by atoms with E-state index in [1.165, 1.54) is 6.07 Å². The zero-order valence-corrected chi connectivity index (χ0v) is 14.9. The highest BCUT2D eigenvalue weighted by molar-refractivity contribution is 6.30. The molecule has 26 heavy (non-hydrogen) atoms. The van der Waals surface area contributed by atoms with Gasteiger partial charge in [0.15, 0.2) is 0 Å². The Morgan fingerprint density at radius 1 is 1.23 bits per heavy atom. The minimum absolute atomic E-state index is 0.0774. The normalized spacial score (nSPS) is 14.6. The van der Waals surface area contributed by atoms with Gasteiger partial charge in [-0.3, -0.25) is 10.1 Å². The maximum absolute atomic E-state index is 11.4. The van der Waals surface area contributed by atoms with Gasteiger partial charge in [-0.2, -0.15) is 5.10 Å². The van der Waals surface area contributed by atoms with Crippen molar-refractivity contribution >= 4 is 29.2 Å². The smallest absolute Gasteiger partial charge is 0.293 e. The molecule has 0 unspecified atom stereocenters. The fraction of sp³-hybridized carbons (Fsp3) is 0.278. The van der Waals surface area contributed by atoms with Gasteiger partial charge < -0.3 is 15.1 Å². The highest BCUT2D eigenvalue weighted by Crippen LogP contribution is 2.29. The average Bonchev–Trinajstić information content (AvgIpc) is 2.67. The quantitative estimate of drug-likeness (QED) is 0.477. The Labute approximate surface area is 156 Å². The van der Waals surface area contributed by atoms with Crippen LogP contribution in [0.1, 0.15) is 11.1 Å². The van der Waals surface area contributed by atoms with Crippen molar-refractivity contribution in [1.29, 1.82) is 0 Å². The molecule has 1 saturated heterocycles. The van der Waals surface area contributed by atoms with Crippen LogP contribution in [-0.2, 0) is 11.3 Å². The topological polar surface area (TPSA) is 80.0 Å². The molecule has 1 aliphatic rings. The summed E-state index contributed by atoms with van der Waals surface area (Å²) in [6.07, 6.45) is 1.58. The molecule has 0 spiro atoms. The highest BCUT2D eigenvalue weighted by atomic mass is 35.5. The molecule has 0 atom stereocenters. The first-order valence-electron chi connectivity index (χ1n) is 8.25. The third kappa shape index (κ3) is 4.71. The van der Waals surface area contributed by atoms with Gasteiger partial charge >= 0.3 is 0 Å². The second-order valence-electron chi connectivity index (χ2n) is 5.82. The SMILES string of the molecule is O=[N+]([O-])c1cc(/C=N\NCc2ccc(Cl)cc2)ccc1N1CCOCC1. The largest absolute Gasteiger partial charge is 0.378 e. The molecule has 136 valence electrons. The van der Waals surface area contributed by atoms with Gasteiger partial charge in [-0.1, -0.05) is 29.8 Å². The van der Waals surface area contributed by atoms with Crippen LogP contribution in [0.3, 0.4) is 0 Å². The molecule has 0 aromatic heterocycles. The van der Waals surface area contributed by atoms with Crippen molar-refractivity contribution in [3.8, 4) is 0 Å². The molecule has 0 aliphatic carbocycles. The van der Waals surface area contributed by atoms with Crippen LogP contribution in [0.2, 0.25) is 5.02 Å². The van der Waals surface area contributed by atoms with Crippen LogP contribution in [0.4, 0.5) is 11.4 Å². The summed E-state index contributed by atoms with van der Waals surface area (Å²) < 4.78 is 5.31. The number of anilines is 1. The van der Waals surface area contributed by atoms with E-state index in [9.17, 15) is 10.1 Å². The summed E-state index contributed by atoms with van der Waals surface area (Å²) in [5.74, 6) is 0. The third-order valence-corrected chi connectivity index (χ3v) is 4.30. The van der Waals surface area contributed by atoms with Crippen LogP contribution < -0.4 is 10.3 Å². The Bertz CT molecular complexity index is 790. The molecule has 8 heteroatoms. The number of halogens is 1. The van der Waals surface area contributed by atoms with E-state index in [2.05, 4.69) is 10.5 Å². The Kier molecular flexibility index (Phi) is 6.04. The molecule has 3 rings (SSSR count). The van der Waals surface area contributed by atoms with Crippen LogP contribution in [0.15, 0.2) is 47.6 Å². The zero-order valence-electron chi connectivity index (χ0n) is 14.1. The van der Waals surface area contributed by atoms with Crippen LogP contribution in [0.25, 0.3) is 0 Å². The van der Waals surface area contributed by atoms with Gasteiger partial charge in [-0.25, -0.2) is 0 Å². The molecule has 1 heterocycles. The molecule has 0 saturated carbocycles. The highest BCUT2D eigenvalue weighted by Gasteiger charge is 2.21. The predicted molar refractivity (Wildman–Crippen MR) is 102 cm³/mol. The number of nitrogens with zero attached hydrogens (tertiary/aromatic N) is 3. The third-order valence-electron chi connectivity index (χ3n) is 4.05. The fourth-order valence-corrected chi connectivity index (χ4v) is 2.82. The van der Waals surface area contributed by atoms with Gasteiger partial charge in [0.1, 0.15) is 5.69 Å². The maximum Gasteiger partial charge on any atom is 0.293 e. The van der Waals surface area contributed by atoms with Crippen LogP contribution in [0, 0.1) is 10.1 Å². The number of rotatable bonds is 6. The van der Waals surface area contributed by atoms with Crippen molar-refractivity contribution in [2.24, 2.45) is 5.10 Å². The summed E-state index contributed by atoms with van der Waals surface area (Å²) in [7, 11) is 0. The number of ether oxygens (including phenoxy) is 1. The van der Waals surface area contributed by atoms with E-state index in [1.54, 1.807) is 12.3 Å². The fourth-order valence-electron chi connectivity index (χ4n) is 2.70. The van der Waals surface area contributed by atoms with Crippen molar-refractivity contribution in [3.05, 3.63) is 68.7 Å². The minimum atomic E-state index is -0.358. The second kappa shape index (κ2) is 8.64.